The monoisotopic (exact) mass is 288 g/mol. The van der Waals surface area contributed by atoms with Gasteiger partial charge in [0.05, 0.1) is 12.5 Å². The predicted molar refractivity (Wildman–Crippen MR) is 82.6 cm³/mol. The van der Waals surface area contributed by atoms with Crippen LogP contribution in [-0.2, 0) is 4.79 Å². The van der Waals surface area contributed by atoms with Crippen LogP contribution in [0.15, 0.2) is 24.3 Å². The average molecular weight is 288 g/mol. The maximum atomic E-state index is 12.9. The van der Waals surface area contributed by atoms with E-state index in [1.165, 1.54) is 0 Å². The van der Waals surface area contributed by atoms with Crippen LogP contribution in [0.3, 0.4) is 0 Å². The van der Waals surface area contributed by atoms with Gasteiger partial charge in [-0.05, 0) is 39.3 Å². The number of rotatable bonds is 2. The number of fused-ring (bicyclic) bond motifs is 1. The number of nitrogens with one attached hydrogen (secondary N) is 1. The summed E-state index contributed by atoms with van der Waals surface area (Å²) in [5.41, 5.74) is 1.22. The van der Waals surface area contributed by atoms with Crippen molar-refractivity contribution in [1.82, 2.24) is 10.2 Å². The molecular weight excluding hydrogens is 264 g/mol. The molecule has 1 aromatic rings. The molecule has 2 heterocycles. The zero-order chi connectivity index (χ0) is 14.9. The summed E-state index contributed by atoms with van der Waals surface area (Å²) in [6.45, 7) is 4.56. The molecule has 21 heavy (non-hydrogen) atoms. The first kappa shape index (κ1) is 14.4. The molecule has 1 fully saturated rings. The molecular formula is C17H24N2O2. The maximum absolute atomic E-state index is 12.9. The van der Waals surface area contributed by atoms with E-state index in [0.717, 1.165) is 43.7 Å². The largest absolute Gasteiger partial charge is 0.493 e. The molecule has 4 nitrogen and oxygen atoms in total. The average Bonchev–Trinajstić information content (AvgIpc) is 2.54. The Kier molecular flexibility index (Phi) is 3.89. The lowest BCUT2D eigenvalue weighted by atomic mass is 9.87. The summed E-state index contributed by atoms with van der Waals surface area (Å²) in [4.78, 5) is 14.9. The van der Waals surface area contributed by atoms with Gasteiger partial charge in [0.15, 0.2) is 0 Å². The molecule has 1 unspecified atom stereocenters. The van der Waals surface area contributed by atoms with Gasteiger partial charge in [0.2, 0.25) is 5.91 Å². The Labute approximate surface area is 126 Å². The standard InChI is InChI=1S/C17H24N2O2/c1-17(18-2)8-10-19(11-9-17)16(20)14-7-12-21-15-6-4-3-5-13(14)15/h3-6,14,18H,7-12H2,1-2H3. The van der Waals surface area contributed by atoms with Crippen molar-refractivity contribution in [2.75, 3.05) is 26.7 Å². The lowest BCUT2D eigenvalue weighted by molar-refractivity contribution is -0.135. The van der Waals surface area contributed by atoms with Crippen LogP contribution < -0.4 is 10.1 Å². The van der Waals surface area contributed by atoms with Crippen molar-refractivity contribution in [2.24, 2.45) is 0 Å². The number of amides is 1. The summed E-state index contributed by atoms with van der Waals surface area (Å²) in [6, 6.07) is 7.94. The van der Waals surface area contributed by atoms with Gasteiger partial charge in [-0.15, -0.1) is 0 Å². The molecule has 0 aliphatic carbocycles. The van der Waals surface area contributed by atoms with Gasteiger partial charge in [-0.25, -0.2) is 0 Å². The molecule has 0 spiro atoms. The van der Waals surface area contributed by atoms with Gasteiger partial charge in [-0.3, -0.25) is 4.79 Å². The number of likely N-dealkylation sites (tertiary alicyclic amines) is 1. The van der Waals surface area contributed by atoms with Crippen LogP contribution >= 0.6 is 0 Å². The molecule has 1 N–H and O–H groups in total. The smallest absolute Gasteiger partial charge is 0.230 e. The summed E-state index contributed by atoms with van der Waals surface area (Å²) in [7, 11) is 2.01. The minimum Gasteiger partial charge on any atom is -0.493 e. The second kappa shape index (κ2) is 5.68. The van der Waals surface area contributed by atoms with E-state index < -0.39 is 0 Å². The van der Waals surface area contributed by atoms with Crippen LogP contribution in [0.4, 0.5) is 0 Å². The minimum atomic E-state index is -0.0334. The van der Waals surface area contributed by atoms with Gasteiger partial charge in [-0.2, -0.15) is 0 Å². The molecule has 0 aromatic heterocycles. The third-order valence-electron chi connectivity index (χ3n) is 5.04. The first-order chi connectivity index (χ1) is 10.1. The lowest BCUT2D eigenvalue weighted by Gasteiger charge is -2.41. The van der Waals surface area contributed by atoms with Crippen LogP contribution in [-0.4, -0.2) is 43.1 Å². The van der Waals surface area contributed by atoms with Gasteiger partial charge in [0.1, 0.15) is 5.75 Å². The number of carbonyl (C=O) groups excluding carboxylic acids is 1. The molecule has 3 rings (SSSR count). The molecule has 1 atom stereocenters. The molecule has 0 radical (unpaired) electrons. The molecule has 2 aliphatic rings. The summed E-state index contributed by atoms with van der Waals surface area (Å²) in [5, 5.41) is 3.38. The number of carbonyl (C=O) groups is 1. The minimum absolute atomic E-state index is 0.0334. The van der Waals surface area contributed by atoms with E-state index in [4.69, 9.17) is 4.74 Å². The zero-order valence-corrected chi connectivity index (χ0v) is 12.9. The normalized spacial score (nSPS) is 24.1. The second-order valence-electron chi connectivity index (χ2n) is 6.36. The summed E-state index contributed by atoms with van der Waals surface area (Å²) >= 11 is 0. The van der Waals surface area contributed by atoms with Crippen molar-refractivity contribution in [3.63, 3.8) is 0 Å². The second-order valence-corrected chi connectivity index (χ2v) is 6.36. The van der Waals surface area contributed by atoms with Crippen LogP contribution in [0.5, 0.6) is 5.75 Å². The maximum Gasteiger partial charge on any atom is 0.230 e. The van der Waals surface area contributed by atoms with Crippen molar-refractivity contribution in [3.8, 4) is 5.75 Å². The number of nitrogens with zero attached hydrogens (tertiary/aromatic N) is 1. The van der Waals surface area contributed by atoms with E-state index in [9.17, 15) is 4.79 Å². The van der Waals surface area contributed by atoms with Gasteiger partial charge in [0, 0.05) is 24.2 Å². The third-order valence-corrected chi connectivity index (χ3v) is 5.04. The number of hydrogen-bond donors (Lipinski definition) is 1. The number of piperidine rings is 1. The molecule has 0 bridgehead atoms. The number of benzene rings is 1. The first-order valence-corrected chi connectivity index (χ1v) is 7.82. The van der Waals surface area contributed by atoms with Gasteiger partial charge in [-0.1, -0.05) is 18.2 Å². The predicted octanol–water partition coefficient (Wildman–Crippen LogP) is 2.15. The SMILES string of the molecule is CNC1(C)CCN(C(=O)C2CCOc3ccccc32)CC1. The summed E-state index contributed by atoms with van der Waals surface area (Å²) in [5.74, 6) is 1.11. The van der Waals surface area contributed by atoms with E-state index >= 15 is 0 Å². The Morgan fingerprint density at radius 2 is 2.05 bits per heavy atom. The molecule has 114 valence electrons. The highest BCUT2D eigenvalue weighted by molar-refractivity contribution is 5.85. The van der Waals surface area contributed by atoms with E-state index in [1.807, 2.05) is 36.2 Å². The van der Waals surface area contributed by atoms with E-state index in [1.54, 1.807) is 0 Å². The van der Waals surface area contributed by atoms with Crippen LogP contribution in [0.2, 0.25) is 0 Å². The Balaban J connectivity index is 1.73. The summed E-state index contributed by atoms with van der Waals surface area (Å²) in [6.07, 6.45) is 2.82. The number of para-hydroxylation sites is 1. The van der Waals surface area contributed by atoms with E-state index in [2.05, 4.69) is 12.2 Å². The van der Waals surface area contributed by atoms with Crippen molar-refractivity contribution < 1.29 is 9.53 Å². The zero-order valence-electron chi connectivity index (χ0n) is 12.9. The van der Waals surface area contributed by atoms with Crippen molar-refractivity contribution in [2.45, 2.75) is 37.6 Å². The highest BCUT2D eigenvalue weighted by atomic mass is 16.5. The molecule has 1 aromatic carbocycles. The van der Waals surface area contributed by atoms with Crippen molar-refractivity contribution in [1.29, 1.82) is 0 Å². The quantitative estimate of drug-likeness (QED) is 0.906. The van der Waals surface area contributed by atoms with Gasteiger partial charge >= 0.3 is 0 Å². The Hall–Kier alpha value is -1.55. The van der Waals surface area contributed by atoms with E-state index in [-0.39, 0.29) is 17.4 Å². The van der Waals surface area contributed by atoms with E-state index in [0.29, 0.717) is 6.61 Å². The van der Waals surface area contributed by atoms with Crippen molar-refractivity contribution >= 4 is 5.91 Å². The molecule has 1 amide bonds. The van der Waals surface area contributed by atoms with Crippen LogP contribution in [0.25, 0.3) is 0 Å². The fourth-order valence-corrected chi connectivity index (χ4v) is 3.29. The van der Waals surface area contributed by atoms with Crippen molar-refractivity contribution in [3.05, 3.63) is 29.8 Å². The Bertz CT molecular complexity index is 521. The summed E-state index contributed by atoms with van der Waals surface area (Å²) < 4.78 is 5.66. The number of hydrogen-bond acceptors (Lipinski definition) is 3. The number of ether oxygens (including phenoxy) is 1. The Morgan fingerprint density at radius 1 is 1.33 bits per heavy atom. The molecule has 0 saturated carbocycles. The fourth-order valence-electron chi connectivity index (χ4n) is 3.29. The molecule has 2 aliphatic heterocycles. The highest BCUT2D eigenvalue weighted by Gasteiger charge is 2.35. The Morgan fingerprint density at radius 3 is 2.76 bits per heavy atom. The topological polar surface area (TPSA) is 41.6 Å². The van der Waals surface area contributed by atoms with Crippen LogP contribution in [0.1, 0.15) is 37.7 Å². The lowest BCUT2D eigenvalue weighted by Crippen LogP contribution is -2.52. The van der Waals surface area contributed by atoms with Gasteiger partial charge in [0.25, 0.3) is 0 Å². The van der Waals surface area contributed by atoms with Crippen LogP contribution in [0, 0.1) is 0 Å². The highest BCUT2D eigenvalue weighted by Crippen LogP contribution is 2.35. The molecule has 4 heteroatoms. The first-order valence-electron chi connectivity index (χ1n) is 7.82. The van der Waals surface area contributed by atoms with Gasteiger partial charge < -0.3 is 15.0 Å². The third kappa shape index (κ3) is 2.77. The fraction of sp³-hybridized carbons (Fsp3) is 0.588. The molecule has 1 saturated heterocycles.